The Morgan fingerprint density at radius 2 is 1.85 bits per heavy atom. The third-order valence-corrected chi connectivity index (χ3v) is 9.79. The molecule has 1 aromatic carbocycles. The van der Waals surface area contributed by atoms with Crippen molar-refractivity contribution in [3.05, 3.63) is 65.5 Å². The summed E-state index contributed by atoms with van der Waals surface area (Å²) >= 11 is 0. The molecule has 2 aliphatic heterocycles. The number of hydrogen-bond donors (Lipinski definition) is 3. The van der Waals surface area contributed by atoms with Crippen LogP contribution in [0.2, 0.25) is 0 Å². The molecule has 2 atom stereocenters. The molecule has 1 aliphatic carbocycles. The molecule has 0 spiro atoms. The van der Waals surface area contributed by atoms with Crippen LogP contribution in [0.5, 0.6) is 5.75 Å². The normalized spacial score (nSPS) is 24.7. The first-order chi connectivity index (χ1) is 22.5. The molecule has 48 heavy (non-hydrogen) atoms. The number of nitrogens with one attached hydrogen (secondary N) is 2. The molecule has 1 saturated carbocycles. The average molecular weight is 657 g/mol. The van der Waals surface area contributed by atoms with Crippen LogP contribution in [0.4, 0.5) is 13.6 Å². The molecule has 3 aliphatic rings. The fourth-order valence-corrected chi connectivity index (χ4v) is 7.25. The summed E-state index contributed by atoms with van der Waals surface area (Å²) in [7, 11) is 3.50. The molecule has 3 N–H and O–H groups in total. The number of halogens is 2. The maximum Gasteiger partial charge on any atom is 0.408 e. The zero-order valence-corrected chi connectivity index (χ0v) is 27.5. The lowest BCUT2D eigenvalue weighted by Crippen LogP contribution is -2.67. The first kappa shape index (κ1) is 32.0. The smallest absolute Gasteiger partial charge is 0.408 e. The van der Waals surface area contributed by atoms with Gasteiger partial charge in [-0.15, -0.1) is 0 Å². The molecule has 1 fully saturated rings. The highest BCUT2D eigenvalue weighted by Crippen LogP contribution is 2.57. The standard InChI is InChI=1S/C32H35B2F2N7O5/c1-29(2,3)48-28(45)42-31(13-30(4,14-31)32(33,34)46)26-37-11-15(12-38-26)17-8-9-18-23(39-17)43-20-10-19(24(43)40-18)41-25(44)16-6-5-7-21(22(16)20)47-27(35)36/h5-9,11-12,19-20,27,46H,10,13-14,33-34H2,1-4H3,(H,41,44)(H,42,45)/t19-,20-,30-,31+/m0/s1. The Balaban J connectivity index is 1.24. The molecule has 0 saturated heterocycles. The molecule has 0 unspecified atom stereocenters. The molecule has 5 heterocycles. The minimum Gasteiger partial charge on any atom is -0.444 e. The molecule has 16 heteroatoms. The van der Waals surface area contributed by atoms with Gasteiger partial charge in [-0.3, -0.25) is 4.79 Å². The van der Waals surface area contributed by atoms with E-state index in [4.69, 9.17) is 19.4 Å². The molecule has 12 nitrogen and oxygen atoms in total. The summed E-state index contributed by atoms with van der Waals surface area (Å²) in [4.78, 5) is 45.0. The van der Waals surface area contributed by atoms with Gasteiger partial charge in [0, 0.05) is 40.9 Å². The number of aliphatic hydroxyl groups is 1. The summed E-state index contributed by atoms with van der Waals surface area (Å²) in [5.74, 6) is 0.514. The van der Waals surface area contributed by atoms with Crippen LogP contribution in [-0.4, -0.2) is 74.9 Å². The number of hydrogen-bond acceptors (Lipinski definition) is 9. The lowest BCUT2D eigenvalue weighted by atomic mass is 9.40. The van der Waals surface area contributed by atoms with Gasteiger partial charge in [-0.05, 0) is 63.3 Å². The average Bonchev–Trinajstić information content (AvgIpc) is 3.46. The van der Waals surface area contributed by atoms with Crippen molar-refractivity contribution in [1.29, 1.82) is 0 Å². The van der Waals surface area contributed by atoms with E-state index >= 15 is 0 Å². The van der Waals surface area contributed by atoms with E-state index in [2.05, 4.69) is 20.6 Å². The Morgan fingerprint density at radius 1 is 1.15 bits per heavy atom. The molecule has 2 amide bonds. The van der Waals surface area contributed by atoms with Gasteiger partial charge in [0.15, 0.2) is 11.5 Å². The summed E-state index contributed by atoms with van der Waals surface area (Å²) in [6.07, 6.45) is 3.85. The van der Waals surface area contributed by atoms with Gasteiger partial charge in [0.1, 0.15) is 43.9 Å². The number of amides is 2. The maximum absolute atomic E-state index is 13.4. The Labute approximate surface area is 276 Å². The maximum atomic E-state index is 13.4. The van der Waals surface area contributed by atoms with Gasteiger partial charge in [-0.1, -0.05) is 13.0 Å². The minimum absolute atomic E-state index is 0.0660. The second kappa shape index (κ2) is 10.7. The van der Waals surface area contributed by atoms with Crippen molar-refractivity contribution in [3.8, 4) is 17.0 Å². The van der Waals surface area contributed by atoms with Gasteiger partial charge >= 0.3 is 12.7 Å². The predicted molar refractivity (Wildman–Crippen MR) is 175 cm³/mol. The molecule has 7 rings (SSSR count). The van der Waals surface area contributed by atoms with Crippen LogP contribution in [0, 0.1) is 5.41 Å². The lowest BCUT2D eigenvalue weighted by Gasteiger charge is -2.59. The number of pyridine rings is 1. The lowest BCUT2D eigenvalue weighted by molar-refractivity contribution is -0.0763. The van der Waals surface area contributed by atoms with Crippen molar-refractivity contribution in [2.45, 2.75) is 82.2 Å². The van der Waals surface area contributed by atoms with Crippen molar-refractivity contribution in [1.82, 2.24) is 35.1 Å². The second-order valence-electron chi connectivity index (χ2n) is 14.7. The summed E-state index contributed by atoms with van der Waals surface area (Å²) in [5, 5.41) is 15.8. The third kappa shape index (κ3) is 5.26. The number of imidazole rings is 1. The summed E-state index contributed by atoms with van der Waals surface area (Å²) < 4.78 is 39.1. The van der Waals surface area contributed by atoms with Crippen LogP contribution in [0.25, 0.3) is 22.4 Å². The molecular weight excluding hydrogens is 622 g/mol. The summed E-state index contributed by atoms with van der Waals surface area (Å²) in [6, 6.07) is 7.17. The number of carbonyl (C=O) groups excluding carboxylic acids is 2. The molecule has 0 radical (unpaired) electrons. The van der Waals surface area contributed by atoms with Crippen LogP contribution >= 0.6 is 0 Å². The monoisotopic (exact) mass is 657 g/mol. The number of alkyl halides is 2. The van der Waals surface area contributed by atoms with E-state index in [1.807, 2.05) is 11.5 Å². The predicted octanol–water partition coefficient (Wildman–Crippen LogP) is 2.70. The third-order valence-electron chi connectivity index (χ3n) is 9.79. The Morgan fingerprint density at radius 3 is 2.50 bits per heavy atom. The number of rotatable bonds is 6. The molecule has 4 aromatic rings. The highest BCUT2D eigenvalue weighted by Gasteiger charge is 2.61. The van der Waals surface area contributed by atoms with E-state index in [9.17, 15) is 23.5 Å². The SMILES string of the molecule is BC(B)(O)[C@]1(C)C[C@@](NC(=O)OC(C)(C)C)(c2ncc(-c3ccc4nc5n(c4n3)[C@H]3C[C@@H]5NC(=O)c4cccc(OC(F)F)c43)cn2)C1. The fourth-order valence-electron chi connectivity index (χ4n) is 7.25. The van der Waals surface area contributed by atoms with Crippen LogP contribution in [0.15, 0.2) is 42.7 Å². The molecular formula is C32H35B2F2N7O5. The minimum atomic E-state index is -3.06. The van der Waals surface area contributed by atoms with Gasteiger partial charge in [0.25, 0.3) is 5.91 Å². The van der Waals surface area contributed by atoms with E-state index < -0.39 is 46.7 Å². The number of nitrogens with zero attached hydrogens (tertiary/aromatic N) is 5. The summed E-state index contributed by atoms with van der Waals surface area (Å²) in [6.45, 7) is 4.25. The van der Waals surface area contributed by atoms with E-state index in [0.717, 1.165) is 0 Å². The largest absolute Gasteiger partial charge is 0.444 e. The Kier molecular flexibility index (Phi) is 7.13. The second-order valence-corrected chi connectivity index (χ2v) is 14.7. The fraction of sp³-hybridized carbons (Fsp3) is 0.438. The quantitative estimate of drug-likeness (QED) is 0.266. The highest BCUT2D eigenvalue weighted by atomic mass is 19.3. The van der Waals surface area contributed by atoms with Gasteiger partial charge in [-0.2, -0.15) is 8.78 Å². The van der Waals surface area contributed by atoms with Gasteiger partial charge in [0.05, 0.1) is 17.8 Å². The topological polar surface area (TPSA) is 153 Å². The number of fused-ring (bicyclic) bond motifs is 9. The Bertz CT molecular complexity index is 1950. The van der Waals surface area contributed by atoms with Crippen molar-refractivity contribution in [2.75, 3.05) is 0 Å². The first-order valence-electron chi connectivity index (χ1n) is 15.8. The highest BCUT2D eigenvalue weighted by molar-refractivity contribution is 6.39. The molecule has 2 bridgehead atoms. The van der Waals surface area contributed by atoms with Gasteiger partial charge in [0.2, 0.25) is 0 Å². The van der Waals surface area contributed by atoms with Gasteiger partial charge < -0.3 is 29.8 Å². The number of carbonyl (C=O) groups is 2. The summed E-state index contributed by atoms with van der Waals surface area (Å²) in [5.41, 5.74) is 0.682. The number of benzene rings is 1. The Hall–Kier alpha value is -4.59. The zero-order valence-electron chi connectivity index (χ0n) is 27.5. The molecule has 3 aromatic heterocycles. The van der Waals surface area contributed by atoms with Crippen molar-refractivity contribution >= 4 is 38.9 Å². The van der Waals surface area contributed by atoms with Gasteiger partial charge in [-0.25, -0.2) is 24.7 Å². The van der Waals surface area contributed by atoms with E-state index in [0.29, 0.717) is 58.9 Å². The van der Waals surface area contributed by atoms with Crippen molar-refractivity contribution in [2.24, 2.45) is 5.41 Å². The van der Waals surface area contributed by atoms with E-state index in [1.54, 1.807) is 67.1 Å². The number of alkyl carbamates (subject to hydrolysis) is 1. The van der Waals surface area contributed by atoms with Crippen LogP contribution < -0.4 is 15.4 Å². The van der Waals surface area contributed by atoms with Crippen molar-refractivity contribution in [3.63, 3.8) is 0 Å². The van der Waals surface area contributed by atoms with E-state index in [-0.39, 0.29) is 17.2 Å². The van der Waals surface area contributed by atoms with Crippen LogP contribution in [0.1, 0.15) is 86.6 Å². The first-order valence-corrected chi connectivity index (χ1v) is 15.8. The van der Waals surface area contributed by atoms with Crippen molar-refractivity contribution < 1.29 is 33.0 Å². The van der Waals surface area contributed by atoms with Crippen LogP contribution in [-0.2, 0) is 10.3 Å². The zero-order chi connectivity index (χ0) is 34.4. The number of ether oxygens (including phenoxy) is 2. The molecule has 248 valence electrons. The van der Waals surface area contributed by atoms with Crippen LogP contribution in [0.3, 0.4) is 0 Å². The number of aromatic nitrogens is 5. The van der Waals surface area contributed by atoms with E-state index in [1.165, 1.54) is 12.1 Å².